The van der Waals surface area contributed by atoms with Gasteiger partial charge in [-0.1, -0.05) is 211 Å². The van der Waals surface area contributed by atoms with Crippen LogP contribution in [0.15, 0.2) is 36.5 Å². The molecule has 0 aromatic heterocycles. The zero-order valence-corrected chi connectivity index (χ0v) is 42.8. The molecule has 0 radical (unpaired) electrons. The van der Waals surface area contributed by atoms with Gasteiger partial charge in [0.25, 0.3) is 0 Å². The zero-order chi connectivity index (χ0) is 49.2. The third-order valence-corrected chi connectivity index (χ3v) is 13.5. The van der Waals surface area contributed by atoms with E-state index in [2.05, 4.69) is 50.3 Å². The minimum absolute atomic E-state index is 0.0789. The Hall–Kier alpha value is -1.93. The van der Waals surface area contributed by atoms with Gasteiger partial charge in [0, 0.05) is 12.8 Å². The first kappa shape index (κ1) is 63.1. The van der Waals surface area contributed by atoms with E-state index in [1.807, 2.05) is 0 Å². The summed E-state index contributed by atoms with van der Waals surface area (Å²) in [7, 11) is -5.13. The van der Waals surface area contributed by atoms with Gasteiger partial charge in [0.2, 0.25) is 0 Å². The van der Waals surface area contributed by atoms with Crippen LogP contribution < -0.4 is 0 Å². The largest absolute Gasteiger partial charge is 0.472 e. The number of aliphatic hydroxyl groups excluding tert-OH is 5. The summed E-state index contributed by atoms with van der Waals surface area (Å²) in [5, 5.41) is 50.3. The number of hydrogen-bond acceptors (Lipinski definition) is 12. The zero-order valence-electron chi connectivity index (χ0n) is 41.9. The van der Waals surface area contributed by atoms with Crippen LogP contribution in [0.2, 0.25) is 0 Å². The Labute approximate surface area is 406 Å². The Morgan fingerprint density at radius 2 is 0.851 bits per heavy atom. The van der Waals surface area contributed by atoms with Gasteiger partial charge in [-0.15, -0.1) is 0 Å². The number of phosphoric ester groups is 1. The third-order valence-electron chi connectivity index (χ3n) is 12.5. The molecule has 6 N–H and O–H groups in total. The van der Waals surface area contributed by atoms with Gasteiger partial charge >= 0.3 is 19.8 Å². The van der Waals surface area contributed by atoms with Crippen molar-refractivity contribution < 1.29 is 63.1 Å². The van der Waals surface area contributed by atoms with E-state index in [1.165, 1.54) is 122 Å². The van der Waals surface area contributed by atoms with E-state index < -0.39 is 75.7 Å². The van der Waals surface area contributed by atoms with Crippen molar-refractivity contribution in [1.29, 1.82) is 0 Å². The molecule has 0 saturated heterocycles. The number of allylic oxidation sites excluding steroid dienone is 6. The van der Waals surface area contributed by atoms with Crippen LogP contribution in [-0.4, -0.2) is 98.3 Å². The van der Waals surface area contributed by atoms with E-state index in [-0.39, 0.29) is 12.8 Å². The van der Waals surface area contributed by atoms with Gasteiger partial charge in [-0.2, -0.15) is 0 Å². The van der Waals surface area contributed by atoms with Crippen LogP contribution in [0.1, 0.15) is 232 Å². The van der Waals surface area contributed by atoms with Crippen molar-refractivity contribution in [3.8, 4) is 0 Å². The van der Waals surface area contributed by atoms with Crippen LogP contribution in [0, 0.1) is 0 Å². The van der Waals surface area contributed by atoms with Crippen LogP contribution in [0.4, 0.5) is 0 Å². The molecule has 1 aliphatic carbocycles. The van der Waals surface area contributed by atoms with Crippen molar-refractivity contribution in [3.63, 3.8) is 0 Å². The maximum atomic E-state index is 12.9. The molecule has 0 bridgehead atoms. The van der Waals surface area contributed by atoms with Crippen molar-refractivity contribution in [2.75, 3.05) is 13.2 Å². The van der Waals surface area contributed by atoms with Crippen molar-refractivity contribution in [2.24, 2.45) is 0 Å². The maximum absolute atomic E-state index is 12.9. The van der Waals surface area contributed by atoms with Crippen LogP contribution >= 0.6 is 7.82 Å². The molecule has 0 aromatic carbocycles. The number of phosphoric acid groups is 1. The Morgan fingerprint density at radius 3 is 1.30 bits per heavy atom. The number of rotatable bonds is 45. The van der Waals surface area contributed by atoms with Crippen LogP contribution in [0.5, 0.6) is 0 Å². The number of carbonyl (C=O) groups is 2. The van der Waals surface area contributed by atoms with Gasteiger partial charge in [-0.05, 0) is 44.9 Å². The summed E-state index contributed by atoms with van der Waals surface area (Å²) in [6, 6.07) is 0. The van der Waals surface area contributed by atoms with Crippen LogP contribution in [0.25, 0.3) is 0 Å². The number of unbranched alkanes of at least 4 members (excludes halogenated alkanes) is 27. The lowest BCUT2D eigenvalue weighted by molar-refractivity contribution is -0.220. The highest BCUT2D eigenvalue weighted by Gasteiger charge is 2.51. The fourth-order valence-corrected chi connectivity index (χ4v) is 9.22. The topological polar surface area (TPSA) is 210 Å². The van der Waals surface area contributed by atoms with E-state index in [0.717, 1.165) is 70.6 Å². The van der Waals surface area contributed by atoms with E-state index in [0.29, 0.717) is 12.8 Å². The molecule has 1 rings (SSSR count). The Kier molecular flexibility index (Phi) is 40.4. The van der Waals surface area contributed by atoms with Crippen molar-refractivity contribution in [1.82, 2.24) is 0 Å². The Balaban J connectivity index is 2.34. The number of hydrogen-bond donors (Lipinski definition) is 6. The highest BCUT2D eigenvalue weighted by atomic mass is 31.2. The number of ether oxygens (including phenoxy) is 2. The summed E-state index contributed by atoms with van der Waals surface area (Å²) in [5.41, 5.74) is 0. The third kappa shape index (κ3) is 34.9. The van der Waals surface area contributed by atoms with E-state index in [1.54, 1.807) is 0 Å². The Bertz CT molecular complexity index is 1310. The minimum atomic E-state index is -5.13. The number of esters is 2. The summed E-state index contributed by atoms with van der Waals surface area (Å²) >= 11 is 0. The van der Waals surface area contributed by atoms with Crippen LogP contribution in [0.3, 0.4) is 0 Å². The summed E-state index contributed by atoms with van der Waals surface area (Å²) in [4.78, 5) is 35.8. The molecule has 0 heterocycles. The molecule has 1 aliphatic rings. The minimum Gasteiger partial charge on any atom is -0.462 e. The average molecular weight is 973 g/mol. The predicted molar refractivity (Wildman–Crippen MR) is 267 cm³/mol. The first-order chi connectivity index (χ1) is 32.4. The summed E-state index contributed by atoms with van der Waals surface area (Å²) in [6.07, 6.45) is 37.7. The molecule has 392 valence electrons. The monoisotopic (exact) mass is 973 g/mol. The summed E-state index contributed by atoms with van der Waals surface area (Å²) < 4.78 is 33.6. The van der Waals surface area contributed by atoms with Crippen molar-refractivity contribution in [2.45, 2.75) is 275 Å². The molecular weight excluding hydrogens is 876 g/mol. The van der Waals surface area contributed by atoms with Crippen molar-refractivity contribution in [3.05, 3.63) is 36.5 Å². The standard InChI is InChI=1S/C53H97O13P/c1-3-5-7-9-11-13-15-17-19-20-21-22-23-24-25-26-28-29-31-33-35-37-39-41-46(54)63-43-45(44-64-67(61,62)66-53-51(59)49(57)48(56)50(58)52(53)60)65-47(55)42-40-38-36-34-32-30-27-18-16-14-12-10-8-6-4-2/h6,8,12,14,18,27,45,48-53,56-60H,3-5,7,9-11,13,15-17,19-26,28-44H2,1-2H3,(H,61,62)/b8-6+,14-12+,27-18+/t45-,48?,49-,50?,51?,52?,53?/m0/s1. The first-order valence-corrected chi connectivity index (χ1v) is 28.3. The second-order valence-corrected chi connectivity index (χ2v) is 20.1. The van der Waals surface area contributed by atoms with E-state index in [9.17, 15) is 44.6 Å². The van der Waals surface area contributed by atoms with Crippen LogP contribution in [-0.2, 0) is 32.7 Å². The van der Waals surface area contributed by atoms with Gasteiger partial charge in [-0.3, -0.25) is 18.6 Å². The SMILES string of the molecule is CC/C=C/C/C=C/C/C=C/CCCCCCCC(=O)O[C@@H](COC(=O)CCCCCCCCCCCCCCCCCCCCCCCCC)COP(=O)(O)OC1C(O)C(O)C(O)[C@H](O)C1O. The lowest BCUT2D eigenvalue weighted by Crippen LogP contribution is -2.64. The molecule has 6 unspecified atom stereocenters. The smallest absolute Gasteiger partial charge is 0.462 e. The predicted octanol–water partition coefficient (Wildman–Crippen LogP) is 11.7. The van der Waals surface area contributed by atoms with Gasteiger partial charge in [-0.25, -0.2) is 4.57 Å². The molecule has 8 atom stereocenters. The first-order valence-electron chi connectivity index (χ1n) is 26.8. The molecule has 0 amide bonds. The molecule has 14 heteroatoms. The number of aliphatic hydroxyl groups is 5. The molecular formula is C53H97O13P. The molecule has 1 fully saturated rings. The van der Waals surface area contributed by atoms with Gasteiger partial charge in [0.15, 0.2) is 6.10 Å². The second kappa shape index (κ2) is 42.9. The van der Waals surface area contributed by atoms with E-state index in [4.69, 9.17) is 18.5 Å². The summed E-state index contributed by atoms with van der Waals surface area (Å²) in [5.74, 6) is -1.11. The summed E-state index contributed by atoms with van der Waals surface area (Å²) in [6.45, 7) is 3.21. The number of carbonyl (C=O) groups excluding carboxylic acids is 2. The van der Waals surface area contributed by atoms with Gasteiger partial charge < -0.3 is 39.9 Å². The molecule has 1 saturated carbocycles. The molecule has 67 heavy (non-hydrogen) atoms. The highest BCUT2D eigenvalue weighted by Crippen LogP contribution is 2.47. The molecule has 13 nitrogen and oxygen atoms in total. The second-order valence-electron chi connectivity index (χ2n) is 18.7. The lowest BCUT2D eigenvalue weighted by Gasteiger charge is -2.41. The lowest BCUT2D eigenvalue weighted by atomic mass is 9.85. The average Bonchev–Trinajstić information content (AvgIpc) is 3.31. The normalized spacial score (nSPS) is 21.4. The van der Waals surface area contributed by atoms with E-state index >= 15 is 0 Å². The molecule has 0 aromatic rings. The van der Waals surface area contributed by atoms with Gasteiger partial charge in [0.05, 0.1) is 6.61 Å². The molecule has 0 aliphatic heterocycles. The molecule has 0 spiro atoms. The van der Waals surface area contributed by atoms with Gasteiger partial charge in [0.1, 0.15) is 43.2 Å². The fraction of sp³-hybridized carbons (Fsp3) is 0.849. The highest BCUT2D eigenvalue weighted by molar-refractivity contribution is 7.47. The van der Waals surface area contributed by atoms with Crippen molar-refractivity contribution >= 4 is 19.8 Å². The fourth-order valence-electron chi connectivity index (χ4n) is 8.25. The maximum Gasteiger partial charge on any atom is 0.472 e. The quantitative estimate of drug-likeness (QED) is 0.0145. The Morgan fingerprint density at radius 1 is 0.478 bits per heavy atom.